The van der Waals surface area contributed by atoms with Crippen molar-refractivity contribution in [3.63, 3.8) is 0 Å². The lowest BCUT2D eigenvalue weighted by Gasteiger charge is -2.13. The lowest BCUT2D eigenvalue weighted by Crippen LogP contribution is -2.28. The second kappa shape index (κ2) is 7.47. The Hall–Kier alpha value is -1.30. The van der Waals surface area contributed by atoms with Gasteiger partial charge in [-0.15, -0.1) is 0 Å². The van der Waals surface area contributed by atoms with Crippen molar-refractivity contribution >= 4 is 0 Å². The molecule has 1 fully saturated rings. The molecule has 1 saturated heterocycles. The van der Waals surface area contributed by atoms with Gasteiger partial charge in [0.05, 0.1) is 7.11 Å². The van der Waals surface area contributed by atoms with Crippen LogP contribution in [0.2, 0.25) is 0 Å². The van der Waals surface area contributed by atoms with Crippen molar-refractivity contribution in [3.05, 3.63) is 23.8 Å². The fourth-order valence-electron chi connectivity index (χ4n) is 2.57. The summed E-state index contributed by atoms with van der Waals surface area (Å²) in [5.41, 5.74) is 7.51. The van der Waals surface area contributed by atoms with Crippen LogP contribution < -0.4 is 20.9 Å². The zero-order valence-electron chi connectivity index (χ0n) is 12.3. The third kappa shape index (κ3) is 4.10. The number of phenolic OH excluding ortho intramolecular Hbond substituents is 1. The van der Waals surface area contributed by atoms with Crippen molar-refractivity contribution in [1.29, 1.82) is 0 Å². The average molecular weight is 279 g/mol. The summed E-state index contributed by atoms with van der Waals surface area (Å²) >= 11 is 0. The molecule has 1 heterocycles. The largest absolute Gasteiger partial charge is 0.504 e. The monoisotopic (exact) mass is 279 g/mol. The maximum Gasteiger partial charge on any atom is 0.160 e. The van der Waals surface area contributed by atoms with Gasteiger partial charge in [-0.25, -0.2) is 0 Å². The summed E-state index contributed by atoms with van der Waals surface area (Å²) in [6.07, 6.45) is 2.39. The lowest BCUT2D eigenvalue weighted by atomic mass is 9.98. The van der Waals surface area contributed by atoms with Gasteiger partial charge in [0.1, 0.15) is 0 Å². The third-order valence-electron chi connectivity index (χ3n) is 3.90. The first-order chi connectivity index (χ1) is 9.70. The van der Waals surface area contributed by atoms with Crippen molar-refractivity contribution in [2.75, 3.05) is 20.2 Å². The van der Waals surface area contributed by atoms with Crippen molar-refractivity contribution in [1.82, 2.24) is 16.2 Å². The van der Waals surface area contributed by atoms with E-state index < -0.39 is 0 Å². The van der Waals surface area contributed by atoms with Crippen molar-refractivity contribution in [2.24, 2.45) is 5.92 Å². The molecule has 2 atom stereocenters. The molecule has 0 aliphatic carbocycles. The minimum atomic E-state index is 0.198. The van der Waals surface area contributed by atoms with Gasteiger partial charge >= 0.3 is 0 Å². The van der Waals surface area contributed by atoms with Gasteiger partial charge in [-0.05, 0) is 49.9 Å². The molecule has 1 aliphatic heterocycles. The van der Waals surface area contributed by atoms with Gasteiger partial charge in [0, 0.05) is 19.1 Å². The Kier molecular flexibility index (Phi) is 5.64. The molecule has 0 saturated carbocycles. The Morgan fingerprint density at radius 1 is 1.45 bits per heavy atom. The molecule has 5 heteroatoms. The van der Waals surface area contributed by atoms with Crippen molar-refractivity contribution in [3.8, 4) is 11.5 Å². The van der Waals surface area contributed by atoms with E-state index in [9.17, 15) is 5.11 Å². The number of ether oxygens (including phenoxy) is 1. The van der Waals surface area contributed by atoms with Crippen molar-refractivity contribution < 1.29 is 9.84 Å². The molecule has 0 aromatic heterocycles. The molecule has 0 amide bonds. The smallest absolute Gasteiger partial charge is 0.160 e. The van der Waals surface area contributed by atoms with Gasteiger partial charge in [-0.3, -0.25) is 10.9 Å². The molecule has 20 heavy (non-hydrogen) atoms. The molecule has 0 spiro atoms. The van der Waals surface area contributed by atoms with Crippen LogP contribution in [0, 0.1) is 5.92 Å². The first-order valence-corrected chi connectivity index (χ1v) is 7.25. The van der Waals surface area contributed by atoms with E-state index in [1.54, 1.807) is 19.2 Å². The minimum absolute atomic E-state index is 0.198. The van der Waals surface area contributed by atoms with Crippen LogP contribution in [-0.2, 0) is 6.54 Å². The number of phenols is 1. The molecule has 1 aromatic carbocycles. The highest BCUT2D eigenvalue weighted by molar-refractivity contribution is 5.41. The van der Waals surface area contributed by atoms with E-state index in [1.807, 2.05) is 6.07 Å². The summed E-state index contributed by atoms with van der Waals surface area (Å²) in [5, 5.41) is 13.1. The van der Waals surface area contributed by atoms with Crippen LogP contribution in [0.15, 0.2) is 18.2 Å². The van der Waals surface area contributed by atoms with E-state index in [0.717, 1.165) is 31.1 Å². The summed E-state index contributed by atoms with van der Waals surface area (Å²) in [6.45, 7) is 5.05. The predicted molar refractivity (Wildman–Crippen MR) is 79.7 cm³/mol. The SMILES string of the molecule is COc1ccc(CNCCCC2CNNC2C)cc1O. The second-order valence-electron chi connectivity index (χ2n) is 5.40. The summed E-state index contributed by atoms with van der Waals surface area (Å²) in [6, 6.07) is 6.08. The van der Waals surface area contributed by atoms with Crippen molar-refractivity contribution in [2.45, 2.75) is 32.4 Å². The average Bonchev–Trinajstić information content (AvgIpc) is 2.84. The fourth-order valence-corrected chi connectivity index (χ4v) is 2.57. The first kappa shape index (κ1) is 15.1. The van der Waals surface area contributed by atoms with Gasteiger partial charge in [0.25, 0.3) is 0 Å². The number of methoxy groups -OCH3 is 1. The number of hydrogen-bond donors (Lipinski definition) is 4. The van der Waals surface area contributed by atoms with Gasteiger partial charge in [0.2, 0.25) is 0 Å². The molecular formula is C15H25N3O2. The van der Waals surface area contributed by atoms with E-state index >= 15 is 0 Å². The molecule has 2 unspecified atom stereocenters. The number of aromatic hydroxyl groups is 1. The summed E-state index contributed by atoms with van der Waals surface area (Å²) in [4.78, 5) is 0. The summed E-state index contributed by atoms with van der Waals surface area (Å²) < 4.78 is 5.03. The Bertz CT molecular complexity index is 426. The standard InChI is InChI=1S/C15H25N3O2/c1-11-13(10-17-18-11)4-3-7-16-9-12-5-6-15(20-2)14(19)8-12/h5-6,8,11,13,16-19H,3-4,7,9-10H2,1-2H3. The van der Waals surface area contributed by atoms with Gasteiger partial charge in [-0.2, -0.15) is 0 Å². The highest BCUT2D eigenvalue weighted by Crippen LogP contribution is 2.26. The highest BCUT2D eigenvalue weighted by atomic mass is 16.5. The summed E-state index contributed by atoms with van der Waals surface area (Å²) in [7, 11) is 1.56. The molecule has 4 N–H and O–H groups in total. The first-order valence-electron chi connectivity index (χ1n) is 7.25. The maximum atomic E-state index is 9.70. The number of nitrogens with one attached hydrogen (secondary N) is 3. The van der Waals surface area contributed by atoms with Crippen LogP contribution in [0.4, 0.5) is 0 Å². The number of benzene rings is 1. The quantitative estimate of drug-likeness (QED) is 0.568. The normalized spacial score (nSPS) is 22.1. The lowest BCUT2D eigenvalue weighted by molar-refractivity contribution is 0.373. The third-order valence-corrected chi connectivity index (χ3v) is 3.90. The summed E-state index contributed by atoms with van der Waals surface area (Å²) in [5.74, 6) is 1.44. The number of rotatable bonds is 7. The van der Waals surface area contributed by atoms with Crippen LogP contribution in [0.5, 0.6) is 11.5 Å². The van der Waals surface area contributed by atoms with Crippen LogP contribution in [-0.4, -0.2) is 31.3 Å². The number of hydrazine groups is 1. The van der Waals surface area contributed by atoms with Gasteiger partial charge < -0.3 is 15.2 Å². The number of hydrogen-bond acceptors (Lipinski definition) is 5. The molecule has 1 aliphatic rings. The second-order valence-corrected chi connectivity index (χ2v) is 5.40. The molecule has 0 bridgehead atoms. The Morgan fingerprint density at radius 2 is 2.30 bits per heavy atom. The van der Waals surface area contributed by atoms with Crippen LogP contribution in [0.3, 0.4) is 0 Å². The molecule has 112 valence electrons. The molecule has 2 rings (SSSR count). The van der Waals surface area contributed by atoms with E-state index in [0.29, 0.717) is 11.8 Å². The van der Waals surface area contributed by atoms with Gasteiger partial charge in [-0.1, -0.05) is 6.07 Å². The molecular weight excluding hydrogens is 254 g/mol. The van der Waals surface area contributed by atoms with E-state index in [2.05, 4.69) is 23.1 Å². The zero-order chi connectivity index (χ0) is 14.4. The predicted octanol–water partition coefficient (Wildman–Crippen LogP) is 1.38. The van der Waals surface area contributed by atoms with Crippen LogP contribution in [0.1, 0.15) is 25.3 Å². The minimum Gasteiger partial charge on any atom is -0.504 e. The molecule has 1 aromatic rings. The van der Waals surface area contributed by atoms with E-state index in [1.165, 1.54) is 12.8 Å². The van der Waals surface area contributed by atoms with Crippen LogP contribution >= 0.6 is 0 Å². The van der Waals surface area contributed by atoms with Crippen LogP contribution in [0.25, 0.3) is 0 Å². The van der Waals surface area contributed by atoms with E-state index in [-0.39, 0.29) is 5.75 Å². The Balaban J connectivity index is 1.64. The zero-order valence-corrected chi connectivity index (χ0v) is 12.3. The highest BCUT2D eigenvalue weighted by Gasteiger charge is 2.21. The van der Waals surface area contributed by atoms with Gasteiger partial charge in [0.15, 0.2) is 11.5 Å². The fraction of sp³-hybridized carbons (Fsp3) is 0.600. The molecule has 5 nitrogen and oxygen atoms in total. The Labute approximate surface area is 120 Å². The van der Waals surface area contributed by atoms with E-state index in [4.69, 9.17) is 4.74 Å². The Morgan fingerprint density at radius 3 is 2.95 bits per heavy atom. The maximum absolute atomic E-state index is 9.70. The molecule has 0 radical (unpaired) electrons. The topological polar surface area (TPSA) is 65.5 Å².